The van der Waals surface area contributed by atoms with E-state index in [0.29, 0.717) is 19.0 Å². The second-order valence-corrected chi connectivity index (χ2v) is 5.07. The van der Waals surface area contributed by atoms with Gasteiger partial charge in [-0.05, 0) is 36.8 Å². The molecule has 0 aliphatic rings. The number of hydrogen-bond donors (Lipinski definition) is 2. The fourth-order valence-corrected chi connectivity index (χ4v) is 1.81. The van der Waals surface area contributed by atoms with Crippen molar-refractivity contribution in [1.82, 2.24) is 5.32 Å². The molecule has 0 heterocycles. The predicted molar refractivity (Wildman–Crippen MR) is 91.1 cm³/mol. The van der Waals surface area contributed by atoms with Gasteiger partial charge >= 0.3 is 0 Å². The molecular formula is C18H21N3O. The lowest BCUT2D eigenvalue weighted by Crippen LogP contribution is -2.32. The summed E-state index contributed by atoms with van der Waals surface area (Å²) in [5, 5.41) is 3.00. The molecule has 4 heteroatoms. The molecule has 114 valence electrons. The molecule has 0 unspecified atom stereocenters. The molecule has 0 aliphatic carbocycles. The first-order valence-electron chi connectivity index (χ1n) is 7.13. The van der Waals surface area contributed by atoms with Crippen molar-refractivity contribution in [2.24, 2.45) is 10.7 Å². The monoisotopic (exact) mass is 295 g/mol. The van der Waals surface area contributed by atoms with Gasteiger partial charge in [0.1, 0.15) is 11.5 Å². The van der Waals surface area contributed by atoms with Crippen LogP contribution < -0.4 is 15.8 Å². The van der Waals surface area contributed by atoms with E-state index in [4.69, 9.17) is 10.5 Å². The summed E-state index contributed by atoms with van der Waals surface area (Å²) in [7, 11) is 0. The minimum atomic E-state index is 0.414. The molecule has 0 saturated heterocycles. The quantitative estimate of drug-likeness (QED) is 0.487. The Kier molecular flexibility index (Phi) is 5.60. The number of rotatable bonds is 6. The Hall–Kier alpha value is -2.75. The van der Waals surface area contributed by atoms with Gasteiger partial charge in [0.05, 0.1) is 6.54 Å². The molecule has 0 spiro atoms. The minimum Gasteiger partial charge on any atom is -0.457 e. The average Bonchev–Trinajstić information content (AvgIpc) is 2.52. The number of nitrogens with one attached hydrogen (secondary N) is 1. The second kappa shape index (κ2) is 7.88. The fraction of sp³-hybridized carbons (Fsp3) is 0.167. The first kappa shape index (κ1) is 15.6. The van der Waals surface area contributed by atoms with Gasteiger partial charge in [-0.15, -0.1) is 0 Å². The highest BCUT2D eigenvalue weighted by atomic mass is 16.5. The number of guanidine groups is 1. The second-order valence-electron chi connectivity index (χ2n) is 5.07. The van der Waals surface area contributed by atoms with Gasteiger partial charge in [0.2, 0.25) is 0 Å². The van der Waals surface area contributed by atoms with Gasteiger partial charge in [-0.3, -0.25) is 0 Å². The van der Waals surface area contributed by atoms with Crippen molar-refractivity contribution >= 4 is 5.96 Å². The third-order valence-corrected chi connectivity index (χ3v) is 2.88. The van der Waals surface area contributed by atoms with Crippen molar-refractivity contribution in [3.8, 4) is 11.5 Å². The molecule has 22 heavy (non-hydrogen) atoms. The SMILES string of the molecule is C=C(C)CNC(N)=NCc1cccc(Oc2ccccc2)c1. The molecule has 4 nitrogen and oxygen atoms in total. The molecule has 0 saturated carbocycles. The van der Waals surface area contributed by atoms with Gasteiger partial charge in [-0.2, -0.15) is 0 Å². The Morgan fingerprint density at radius 1 is 1.14 bits per heavy atom. The first-order chi connectivity index (χ1) is 10.6. The molecule has 0 bridgehead atoms. The van der Waals surface area contributed by atoms with E-state index >= 15 is 0 Å². The summed E-state index contributed by atoms with van der Waals surface area (Å²) < 4.78 is 5.80. The zero-order valence-corrected chi connectivity index (χ0v) is 12.8. The third-order valence-electron chi connectivity index (χ3n) is 2.88. The molecule has 0 fully saturated rings. The normalized spacial score (nSPS) is 11.0. The number of aliphatic imine (C=N–C) groups is 1. The predicted octanol–water partition coefficient (Wildman–Crippen LogP) is 3.46. The maximum absolute atomic E-state index is 5.80. The third kappa shape index (κ3) is 5.32. The maximum atomic E-state index is 5.80. The lowest BCUT2D eigenvalue weighted by Gasteiger charge is -2.07. The molecule has 0 radical (unpaired) electrons. The van der Waals surface area contributed by atoms with Gasteiger partial charge in [0.25, 0.3) is 0 Å². The lowest BCUT2D eigenvalue weighted by molar-refractivity contribution is 0.482. The topological polar surface area (TPSA) is 59.6 Å². The van der Waals surface area contributed by atoms with Crippen LogP contribution in [0.1, 0.15) is 12.5 Å². The molecule has 3 N–H and O–H groups in total. The number of nitrogens with two attached hydrogens (primary N) is 1. The lowest BCUT2D eigenvalue weighted by atomic mass is 10.2. The molecular weight excluding hydrogens is 274 g/mol. The van der Waals surface area contributed by atoms with Crippen molar-refractivity contribution in [2.75, 3.05) is 6.54 Å². The Labute approximate surface area is 131 Å². The molecule has 0 aliphatic heterocycles. The van der Waals surface area contributed by atoms with Gasteiger partial charge in [-0.1, -0.05) is 42.5 Å². The minimum absolute atomic E-state index is 0.414. The Balaban J connectivity index is 1.96. The summed E-state index contributed by atoms with van der Waals surface area (Å²) in [6.45, 7) is 6.87. The van der Waals surface area contributed by atoms with Gasteiger partial charge in [0.15, 0.2) is 5.96 Å². The highest BCUT2D eigenvalue weighted by Crippen LogP contribution is 2.21. The maximum Gasteiger partial charge on any atom is 0.189 e. The molecule has 2 aromatic rings. The van der Waals surface area contributed by atoms with Gasteiger partial charge in [0, 0.05) is 6.54 Å². The van der Waals surface area contributed by atoms with Crippen LogP contribution in [0.3, 0.4) is 0 Å². The summed E-state index contributed by atoms with van der Waals surface area (Å²) in [6.07, 6.45) is 0. The van der Waals surface area contributed by atoms with E-state index in [2.05, 4.69) is 16.9 Å². The van der Waals surface area contributed by atoms with Crippen molar-refractivity contribution in [3.63, 3.8) is 0 Å². The van der Waals surface area contributed by atoms with Crippen LogP contribution in [0.15, 0.2) is 71.7 Å². The van der Waals surface area contributed by atoms with Crippen LogP contribution in [0.25, 0.3) is 0 Å². The zero-order valence-electron chi connectivity index (χ0n) is 12.8. The van der Waals surface area contributed by atoms with Crippen molar-refractivity contribution < 1.29 is 4.74 Å². The van der Waals surface area contributed by atoms with Crippen LogP contribution in [0, 0.1) is 0 Å². The zero-order chi connectivity index (χ0) is 15.8. The Morgan fingerprint density at radius 2 is 1.86 bits per heavy atom. The van der Waals surface area contributed by atoms with E-state index in [1.165, 1.54) is 0 Å². The number of ether oxygens (including phenoxy) is 1. The van der Waals surface area contributed by atoms with Crippen molar-refractivity contribution in [1.29, 1.82) is 0 Å². The van der Waals surface area contributed by atoms with Crippen molar-refractivity contribution in [3.05, 3.63) is 72.3 Å². The van der Waals surface area contributed by atoms with Crippen molar-refractivity contribution in [2.45, 2.75) is 13.5 Å². The molecule has 0 amide bonds. The highest BCUT2D eigenvalue weighted by molar-refractivity contribution is 5.78. The van der Waals surface area contributed by atoms with Crippen LogP contribution in [0.2, 0.25) is 0 Å². The van der Waals surface area contributed by atoms with Crippen LogP contribution in [-0.2, 0) is 6.54 Å². The summed E-state index contributed by atoms with van der Waals surface area (Å²) in [6, 6.07) is 17.5. The van der Waals surface area contributed by atoms with E-state index in [-0.39, 0.29) is 0 Å². The summed E-state index contributed by atoms with van der Waals surface area (Å²) in [4.78, 5) is 4.30. The first-order valence-corrected chi connectivity index (χ1v) is 7.13. The number of nitrogens with zero attached hydrogens (tertiary/aromatic N) is 1. The molecule has 0 atom stereocenters. The van der Waals surface area contributed by atoms with Crippen LogP contribution >= 0.6 is 0 Å². The summed E-state index contributed by atoms with van der Waals surface area (Å²) in [5.41, 5.74) is 7.84. The Morgan fingerprint density at radius 3 is 2.59 bits per heavy atom. The van der Waals surface area contributed by atoms with Crippen LogP contribution in [-0.4, -0.2) is 12.5 Å². The van der Waals surface area contributed by atoms with Gasteiger partial charge in [-0.25, -0.2) is 4.99 Å². The molecule has 2 aromatic carbocycles. The van der Waals surface area contributed by atoms with Crippen LogP contribution in [0.5, 0.6) is 11.5 Å². The highest BCUT2D eigenvalue weighted by Gasteiger charge is 1.99. The summed E-state index contributed by atoms with van der Waals surface area (Å²) in [5.74, 6) is 2.01. The van der Waals surface area contributed by atoms with E-state index in [1.807, 2.05) is 61.5 Å². The molecule has 0 aromatic heterocycles. The van der Waals surface area contributed by atoms with E-state index < -0.39 is 0 Å². The van der Waals surface area contributed by atoms with E-state index in [9.17, 15) is 0 Å². The molecule has 2 rings (SSSR count). The summed E-state index contributed by atoms with van der Waals surface area (Å²) >= 11 is 0. The fourth-order valence-electron chi connectivity index (χ4n) is 1.81. The average molecular weight is 295 g/mol. The smallest absolute Gasteiger partial charge is 0.189 e. The number of para-hydroxylation sites is 1. The van der Waals surface area contributed by atoms with Crippen LogP contribution in [0.4, 0.5) is 0 Å². The largest absolute Gasteiger partial charge is 0.457 e. The standard InChI is InChI=1S/C18H21N3O/c1-14(2)12-20-18(19)21-13-15-7-6-10-17(11-15)22-16-8-4-3-5-9-16/h3-11H,1,12-13H2,2H3,(H3,19,20,21). The van der Waals surface area contributed by atoms with Gasteiger partial charge < -0.3 is 15.8 Å². The number of hydrogen-bond acceptors (Lipinski definition) is 2. The van der Waals surface area contributed by atoms with E-state index in [1.54, 1.807) is 0 Å². The van der Waals surface area contributed by atoms with E-state index in [0.717, 1.165) is 22.6 Å². The number of benzene rings is 2. The Bertz CT molecular complexity index is 650.